The van der Waals surface area contributed by atoms with Crippen LogP contribution in [0.2, 0.25) is 0 Å². The van der Waals surface area contributed by atoms with E-state index in [4.69, 9.17) is 14.6 Å². The number of amides is 1. The van der Waals surface area contributed by atoms with Crippen LogP contribution in [0.5, 0.6) is 0 Å². The van der Waals surface area contributed by atoms with Gasteiger partial charge in [0.2, 0.25) is 5.91 Å². The van der Waals surface area contributed by atoms with Crippen molar-refractivity contribution in [2.24, 2.45) is 5.92 Å². The van der Waals surface area contributed by atoms with Crippen LogP contribution in [-0.4, -0.2) is 61.1 Å². The summed E-state index contributed by atoms with van der Waals surface area (Å²) in [6, 6.07) is 0. The molecule has 0 saturated heterocycles. The van der Waals surface area contributed by atoms with Crippen molar-refractivity contribution in [2.75, 3.05) is 32.8 Å². The van der Waals surface area contributed by atoms with Crippen molar-refractivity contribution in [1.29, 1.82) is 0 Å². The Morgan fingerprint density at radius 2 is 0.906 bits per heavy atom. The largest absolute Gasteiger partial charge is 0.483 e. The quantitative estimate of drug-likeness (QED) is 0.0367. The van der Waals surface area contributed by atoms with Gasteiger partial charge in [0, 0.05) is 26.4 Å². The third-order valence-corrected chi connectivity index (χ3v) is 10.7. The highest BCUT2D eigenvalue weighted by Gasteiger charge is 2.10. The Balaban J connectivity index is 0. The molecule has 0 unspecified atom stereocenters. The fourth-order valence-electron chi connectivity index (χ4n) is 7.34. The molecule has 0 atom stereocenters. The van der Waals surface area contributed by atoms with Crippen molar-refractivity contribution in [3.63, 3.8) is 0 Å². The molecule has 0 radical (unpaired) electrons. The van der Waals surface area contributed by atoms with Gasteiger partial charge >= 0.3 is 5.97 Å². The molecule has 0 rings (SSSR count). The molecule has 0 heterocycles. The molecule has 7 heteroatoms. The fraction of sp³-hybridized carbons (Fsp3) is 0.935. The Hall–Kier alpha value is -1.63. The number of ether oxygens (including phenoxy) is 1. The van der Waals surface area contributed by atoms with E-state index in [1.54, 1.807) is 6.92 Å². The molecule has 0 aliphatic rings. The van der Waals surface area contributed by atoms with Gasteiger partial charge in [-0.3, -0.25) is 14.4 Å². The van der Waals surface area contributed by atoms with Crippen molar-refractivity contribution in [3.05, 3.63) is 0 Å². The first-order valence-corrected chi connectivity index (χ1v) is 23.1. The SMILES string of the molecule is CCCCCCCCCOC(=O)CCCCCCCN(CCCCCCCC(CCCCCCCC)CCCCCCCC)CCNC(C)=O.O=CO. The summed E-state index contributed by atoms with van der Waals surface area (Å²) in [6.45, 7) is 12.8. The van der Waals surface area contributed by atoms with Crippen LogP contribution < -0.4 is 5.32 Å². The first kappa shape index (κ1) is 53.5. The molecule has 0 aliphatic carbocycles. The van der Waals surface area contributed by atoms with Gasteiger partial charge in [-0.25, -0.2) is 0 Å². The molecule has 0 bridgehead atoms. The summed E-state index contributed by atoms with van der Waals surface area (Å²) in [4.78, 5) is 34.4. The molecular weight excluding hydrogens is 661 g/mol. The number of nitrogens with one attached hydrogen (secondary N) is 1. The summed E-state index contributed by atoms with van der Waals surface area (Å²) in [7, 11) is 0. The molecule has 2 N–H and O–H groups in total. The number of carbonyl (C=O) groups is 3. The predicted octanol–water partition coefficient (Wildman–Crippen LogP) is 13.2. The maximum Gasteiger partial charge on any atom is 0.305 e. The Kier molecular flexibility index (Phi) is 46.9. The minimum Gasteiger partial charge on any atom is -0.483 e. The summed E-state index contributed by atoms with van der Waals surface area (Å²) in [5.74, 6) is 1.02. The van der Waals surface area contributed by atoms with Gasteiger partial charge in [0.1, 0.15) is 0 Å². The number of unbranched alkanes of at least 4 members (excludes halogenated alkanes) is 24. The van der Waals surface area contributed by atoms with Gasteiger partial charge in [-0.1, -0.05) is 201 Å². The summed E-state index contributed by atoms with van der Waals surface area (Å²) in [6.07, 6.45) is 43.1. The number of esters is 1. The van der Waals surface area contributed by atoms with Crippen molar-refractivity contribution in [1.82, 2.24) is 10.2 Å². The maximum absolute atomic E-state index is 12.0. The van der Waals surface area contributed by atoms with E-state index in [-0.39, 0.29) is 18.3 Å². The second-order valence-electron chi connectivity index (χ2n) is 15.8. The summed E-state index contributed by atoms with van der Waals surface area (Å²) in [5.41, 5.74) is 0. The molecule has 0 aliphatic heterocycles. The minimum atomic E-state index is -0.250. The van der Waals surface area contributed by atoms with E-state index in [0.29, 0.717) is 13.0 Å². The monoisotopic (exact) mass is 753 g/mol. The second-order valence-corrected chi connectivity index (χ2v) is 15.8. The molecule has 316 valence electrons. The molecule has 53 heavy (non-hydrogen) atoms. The highest BCUT2D eigenvalue weighted by atomic mass is 16.5. The van der Waals surface area contributed by atoms with E-state index in [0.717, 1.165) is 51.4 Å². The summed E-state index contributed by atoms with van der Waals surface area (Å²) < 4.78 is 5.44. The van der Waals surface area contributed by atoms with E-state index in [1.807, 2.05) is 0 Å². The zero-order valence-corrected chi connectivity index (χ0v) is 36.1. The molecular formula is C46H92N2O5. The number of carboxylic acid groups (broad SMARTS) is 1. The predicted molar refractivity (Wildman–Crippen MR) is 228 cm³/mol. The van der Waals surface area contributed by atoms with Crippen LogP contribution in [0.15, 0.2) is 0 Å². The van der Waals surface area contributed by atoms with Gasteiger partial charge in [-0.05, 0) is 44.7 Å². The third-order valence-electron chi connectivity index (χ3n) is 10.7. The minimum absolute atomic E-state index is 0.0127. The van der Waals surface area contributed by atoms with Gasteiger partial charge in [0.15, 0.2) is 0 Å². The number of nitrogens with zero attached hydrogens (tertiary/aromatic N) is 1. The van der Waals surface area contributed by atoms with Crippen molar-refractivity contribution < 1.29 is 24.2 Å². The number of hydrogen-bond acceptors (Lipinski definition) is 5. The average molecular weight is 753 g/mol. The Morgan fingerprint density at radius 3 is 1.32 bits per heavy atom. The van der Waals surface area contributed by atoms with Gasteiger partial charge in [0.25, 0.3) is 6.47 Å². The van der Waals surface area contributed by atoms with E-state index in [2.05, 4.69) is 31.0 Å². The molecule has 0 fully saturated rings. The van der Waals surface area contributed by atoms with Crippen LogP contribution in [0.1, 0.15) is 240 Å². The van der Waals surface area contributed by atoms with Gasteiger partial charge in [0.05, 0.1) is 6.61 Å². The van der Waals surface area contributed by atoms with E-state index in [9.17, 15) is 9.59 Å². The lowest BCUT2D eigenvalue weighted by Crippen LogP contribution is -2.35. The molecule has 1 amide bonds. The van der Waals surface area contributed by atoms with Crippen LogP contribution in [-0.2, 0) is 19.1 Å². The normalized spacial score (nSPS) is 11.1. The first-order chi connectivity index (χ1) is 25.9. The van der Waals surface area contributed by atoms with Crippen molar-refractivity contribution in [3.8, 4) is 0 Å². The highest BCUT2D eigenvalue weighted by Crippen LogP contribution is 2.25. The van der Waals surface area contributed by atoms with Crippen LogP contribution in [0, 0.1) is 5.92 Å². The lowest BCUT2D eigenvalue weighted by molar-refractivity contribution is -0.144. The molecule has 0 spiro atoms. The second kappa shape index (κ2) is 46.5. The van der Waals surface area contributed by atoms with E-state index in [1.165, 1.54) is 186 Å². The highest BCUT2D eigenvalue weighted by molar-refractivity contribution is 5.72. The standard InChI is InChI=1S/C45H90N2O3.CH2O2/c1-5-8-11-14-17-26-33-42-50-45(49)37-30-23-19-25-32-40-47(41-38-46-43(4)48)39-31-24-18-22-29-36-44(34-27-20-15-12-9-6-2)35-28-21-16-13-10-7-3;2-1-3/h44H,5-42H2,1-4H3,(H,46,48);1H,(H,2,3). The lowest BCUT2D eigenvalue weighted by atomic mass is 9.89. The molecule has 0 aromatic rings. The summed E-state index contributed by atoms with van der Waals surface area (Å²) in [5, 5.41) is 9.88. The zero-order chi connectivity index (χ0) is 39.3. The topological polar surface area (TPSA) is 95.9 Å². The zero-order valence-electron chi connectivity index (χ0n) is 36.1. The average Bonchev–Trinajstić information content (AvgIpc) is 3.14. The van der Waals surface area contributed by atoms with Crippen LogP contribution in [0.3, 0.4) is 0 Å². The van der Waals surface area contributed by atoms with E-state index >= 15 is 0 Å². The van der Waals surface area contributed by atoms with Crippen LogP contribution >= 0.6 is 0 Å². The fourth-order valence-corrected chi connectivity index (χ4v) is 7.34. The van der Waals surface area contributed by atoms with Crippen LogP contribution in [0.25, 0.3) is 0 Å². The molecule has 0 aromatic carbocycles. The Bertz CT molecular complexity index is 733. The first-order valence-electron chi connectivity index (χ1n) is 23.1. The maximum atomic E-state index is 12.0. The third kappa shape index (κ3) is 46.4. The summed E-state index contributed by atoms with van der Waals surface area (Å²) >= 11 is 0. The lowest BCUT2D eigenvalue weighted by Gasteiger charge is -2.22. The smallest absolute Gasteiger partial charge is 0.305 e. The van der Waals surface area contributed by atoms with Gasteiger partial charge < -0.3 is 20.1 Å². The molecule has 7 nitrogen and oxygen atoms in total. The van der Waals surface area contributed by atoms with E-state index < -0.39 is 0 Å². The molecule has 0 aromatic heterocycles. The molecule has 0 saturated carbocycles. The number of carbonyl (C=O) groups excluding carboxylic acids is 2. The number of rotatable bonds is 41. The van der Waals surface area contributed by atoms with Crippen molar-refractivity contribution in [2.45, 2.75) is 240 Å². The van der Waals surface area contributed by atoms with Gasteiger partial charge in [-0.15, -0.1) is 0 Å². The Morgan fingerprint density at radius 1 is 0.547 bits per heavy atom. The number of hydrogen-bond donors (Lipinski definition) is 2. The van der Waals surface area contributed by atoms with Crippen molar-refractivity contribution >= 4 is 18.3 Å². The Labute approximate surface area is 330 Å². The van der Waals surface area contributed by atoms with Gasteiger partial charge in [-0.2, -0.15) is 0 Å². The van der Waals surface area contributed by atoms with Crippen LogP contribution in [0.4, 0.5) is 0 Å².